The fourth-order valence-corrected chi connectivity index (χ4v) is 2.76. The van der Waals surface area contributed by atoms with E-state index in [1.54, 1.807) is 12.0 Å². The standard InChI is InChI=1S/C19H28N2O4/c1-16-3-5-17(6-4-16)7-8-18(22)20-9-11-21(12-10-20)19(23)15-25-14-13-24-2/h3-6H,7-15H2,1-2H3. The molecule has 0 saturated carbocycles. The Hall–Kier alpha value is -1.92. The zero-order chi connectivity index (χ0) is 18.1. The summed E-state index contributed by atoms with van der Waals surface area (Å²) in [5.74, 6) is 0.131. The van der Waals surface area contributed by atoms with Gasteiger partial charge >= 0.3 is 0 Å². The molecular formula is C19H28N2O4. The lowest BCUT2D eigenvalue weighted by Gasteiger charge is -2.34. The number of hydrogen-bond acceptors (Lipinski definition) is 4. The number of nitrogens with zero attached hydrogens (tertiary/aromatic N) is 2. The Balaban J connectivity index is 1.67. The van der Waals surface area contributed by atoms with Crippen LogP contribution in [0.15, 0.2) is 24.3 Å². The first kappa shape index (κ1) is 19.4. The van der Waals surface area contributed by atoms with E-state index in [0.29, 0.717) is 45.8 Å². The fraction of sp³-hybridized carbons (Fsp3) is 0.579. The highest BCUT2D eigenvalue weighted by atomic mass is 16.5. The lowest BCUT2D eigenvalue weighted by molar-refractivity contribution is -0.142. The van der Waals surface area contributed by atoms with Crippen LogP contribution in [0.5, 0.6) is 0 Å². The van der Waals surface area contributed by atoms with Crippen LogP contribution in [0.3, 0.4) is 0 Å². The van der Waals surface area contributed by atoms with Crippen LogP contribution in [-0.4, -0.2) is 74.7 Å². The maximum absolute atomic E-state index is 12.3. The van der Waals surface area contributed by atoms with Gasteiger partial charge in [0.05, 0.1) is 13.2 Å². The summed E-state index contributed by atoms with van der Waals surface area (Å²) in [5.41, 5.74) is 2.41. The Morgan fingerprint density at radius 1 is 0.960 bits per heavy atom. The molecule has 0 atom stereocenters. The molecule has 1 aromatic rings. The maximum Gasteiger partial charge on any atom is 0.248 e. The number of ether oxygens (including phenoxy) is 2. The van der Waals surface area contributed by atoms with E-state index in [0.717, 1.165) is 6.42 Å². The van der Waals surface area contributed by atoms with Crippen LogP contribution in [0, 0.1) is 6.92 Å². The van der Waals surface area contributed by atoms with Crippen LogP contribution in [0.4, 0.5) is 0 Å². The molecule has 1 saturated heterocycles. The van der Waals surface area contributed by atoms with Gasteiger partial charge in [-0.3, -0.25) is 9.59 Å². The summed E-state index contributed by atoms with van der Waals surface area (Å²) >= 11 is 0. The predicted molar refractivity (Wildman–Crippen MR) is 95.4 cm³/mol. The molecule has 2 amide bonds. The molecule has 0 N–H and O–H groups in total. The Morgan fingerprint density at radius 2 is 1.56 bits per heavy atom. The van der Waals surface area contributed by atoms with Gasteiger partial charge < -0.3 is 19.3 Å². The second-order valence-electron chi connectivity index (χ2n) is 6.29. The summed E-state index contributed by atoms with van der Waals surface area (Å²) in [4.78, 5) is 28.0. The van der Waals surface area contributed by atoms with Gasteiger partial charge in [-0.2, -0.15) is 0 Å². The summed E-state index contributed by atoms with van der Waals surface area (Å²) < 4.78 is 10.1. The molecule has 1 aliphatic heterocycles. The molecule has 0 aliphatic carbocycles. The molecule has 25 heavy (non-hydrogen) atoms. The zero-order valence-corrected chi connectivity index (χ0v) is 15.2. The second-order valence-corrected chi connectivity index (χ2v) is 6.29. The number of aryl methyl sites for hydroxylation is 2. The van der Waals surface area contributed by atoms with Crippen molar-refractivity contribution >= 4 is 11.8 Å². The van der Waals surface area contributed by atoms with Crippen molar-refractivity contribution in [2.75, 3.05) is 53.1 Å². The molecule has 138 valence electrons. The summed E-state index contributed by atoms with van der Waals surface area (Å²) in [6.07, 6.45) is 1.27. The van der Waals surface area contributed by atoms with Gasteiger partial charge in [0.15, 0.2) is 0 Å². The van der Waals surface area contributed by atoms with Gasteiger partial charge in [-0.15, -0.1) is 0 Å². The van der Waals surface area contributed by atoms with E-state index in [9.17, 15) is 9.59 Å². The summed E-state index contributed by atoms with van der Waals surface area (Å²) in [6.45, 7) is 5.36. The average molecular weight is 348 g/mol. The molecule has 0 bridgehead atoms. The third-order valence-electron chi connectivity index (χ3n) is 4.39. The van der Waals surface area contributed by atoms with Crippen molar-refractivity contribution in [2.24, 2.45) is 0 Å². The van der Waals surface area contributed by atoms with Gasteiger partial charge in [-0.25, -0.2) is 0 Å². The van der Waals surface area contributed by atoms with E-state index in [-0.39, 0.29) is 18.4 Å². The smallest absolute Gasteiger partial charge is 0.248 e. The fourth-order valence-electron chi connectivity index (χ4n) is 2.76. The highest BCUT2D eigenvalue weighted by Crippen LogP contribution is 2.09. The normalized spacial score (nSPS) is 14.6. The first-order valence-electron chi connectivity index (χ1n) is 8.78. The third-order valence-corrected chi connectivity index (χ3v) is 4.39. The van der Waals surface area contributed by atoms with Crippen LogP contribution in [-0.2, 0) is 25.5 Å². The number of rotatable bonds is 8. The van der Waals surface area contributed by atoms with Crippen LogP contribution in [0.1, 0.15) is 17.5 Å². The van der Waals surface area contributed by atoms with Crippen LogP contribution < -0.4 is 0 Å². The van der Waals surface area contributed by atoms with Crippen LogP contribution in [0.2, 0.25) is 0 Å². The van der Waals surface area contributed by atoms with E-state index < -0.39 is 0 Å². The number of methoxy groups -OCH3 is 1. The Morgan fingerprint density at radius 3 is 2.16 bits per heavy atom. The highest BCUT2D eigenvalue weighted by Gasteiger charge is 2.23. The van der Waals surface area contributed by atoms with Crippen molar-refractivity contribution in [1.82, 2.24) is 9.80 Å². The van der Waals surface area contributed by atoms with Gasteiger partial charge in [0.1, 0.15) is 6.61 Å². The van der Waals surface area contributed by atoms with Gasteiger partial charge in [0.2, 0.25) is 11.8 Å². The van der Waals surface area contributed by atoms with Crippen LogP contribution >= 0.6 is 0 Å². The lowest BCUT2D eigenvalue weighted by Crippen LogP contribution is -2.51. The van der Waals surface area contributed by atoms with E-state index in [1.165, 1.54) is 11.1 Å². The molecule has 1 aliphatic rings. The summed E-state index contributed by atoms with van der Waals surface area (Å²) in [6, 6.07) is 8.28. The number of carbonyl (C=O) groups excluding carboxylic acids is 2. The number of hydrogen-bond donors (Lipinski definition) is 0. The van der Waals surface area contributed by atoms with Crippen molar-refractivity contribution in [3.63, 3.8) is 0 Å². The SMILES string of the molecule is COCCOCC(=O)N1CCN(C(=O)CCc2ccc(C)cc2)CC1. The van der Waals surface area contributed by atoms with Gasteiger partial charge in [-0.05, 0) is 18.9 Å². The summed E-state index contributed by atoms with van der Waals surface area (Å²) in [7, 11) is 1.60. The average Bonchev–Trinajstić information content (AvgIpc) is 2.64. The molecule has 1 fully saturated rings. The Kier molecular flexibility index (Phi) is 7.88. The second kappa shape index (κ2) is 10.2. The maximum atomic E-state index is 12.3. The van der Waals surface area contributed by atoms with Crippen molar-refractivity contribution in [3.05, 3.63) is 35.4 Å². The minimum atomic E-state index is -0.0251. The molecule has 6 nitrogen and oxygen atoms in total. The predicted octanol–water partition coefficient (Wildman–Crippen LogP) is 1.26. The van der Waals surface area contributed by atoms with E-state index in [1.807, 2.05) is 4.90 Å². The monoisotopic (exact) mass is 348 g/mol. The molecule has 2 rings (SSSR count). The molecule has 6 heteroatoms. The molecule has 1 aromatic carbocycles. The van der Waals surface area contributed by atoms with Crippen molar-refractivity contribution in [3.8, 4) is 0 Å². The summed E-state index contributed by atoms with van der Waals surface area (Å²) in [5, 5.41) is 0. The first-order valence-corrected chi connectivity index (χ1v) is 8.78. The quantitative estimate of drug-likeness (QED) is 0.664. The topological polar surface area (TPSA) is 59.1 Å². The molecule has 0 radical (unpaired) electrons. The third kappa shape index (κ3) is 6.48. The molecule has 0 aromatic heterocycles. The van der Waals surface area contributed by atoms with Gasteiger partial charge in [0.25, 0.3) is 0 Å². The molecule has 0 spiro atoms. The Labute approximate surface area is 149 Å². The number of carbonyl (C=O) groups is 2. The Bertz CT molecular complexity index is 551. The molecule has 0 unspecified atom stereocenters. The van der Waals surface area contributed by atoms with Crippen LogP contribution in [0.25, 0.3) is 0 Å². The van der Waals surface area contributed by atoms with E-state index >= 15 is 0 Å². The van der Waals surface area contributed by atoms with Crippen molar-refractivity contribution < 1.29 is 19.1 Å². The zero-order valence-electron chi connectivity index (χ0n) is 15.2. The molecular weight excluding hydrogens is 320 g/mol. The van der Waals surface area contributed by atoms with Gasteiger partial charge in [-0.1, -0.05) is 29.8 Å². The first-order chi connectivity index (χ1) is 12.1. The largest absolute Gasteiger partial charge is 0.382 e. The van der Waals surface area contributed by atoms with Crippen molar-refractivity contribution in [2.45, 2.75) is 19.8 Å². The minimum absolute atomic E-state index is 0.0251. The number of piperazine rings is 1. The van der Waals surface area contributed by atoms with Crippen molar-refractivity contribution in [1.29, 1.82) is 0 Å². The van der Waals surface area contributed by atoms with E-state index in [2.05, 4.69) is 31.2 Å². The lowest BCUT2D eigenvalue weighted by atomic mass is 10.1. The van der Waals surface area contributed by atoms with E-state index in [4.69, 9.17) is 9.47 Å². The number of amides is 2. The minimum Gasteiger partial charge on any atom is -0.382 e. The number of benzene rings is 1. The highest BCUT2D eigenvalue weighted by molar-refractivity contribution is 5.79. The van der Waals surface area contributed by atoms with Gasteiger partial charge in [0, 0.05) is 39.7 Å². The molecule has 1 heterocycles.